The molecule has 2 heterocycles. The number of aromatic nitrogens is 2. The SMILES string of the molecule is O=C(NCc1cc(-c2ccc(C(F)(F)F)nc2)ncc1Cl)[C@@H]1CC[C@@H]1S(=O)(=O)c1ccc(F)cc1. The van der Waals surface area contributed by atoms with Crippen molar-refractivity contribution in [3.63, 3.8) is 0 Å². The molecule has 1 aliphatic rings. The molecule has 35 heavy (non-hydrogen) atoms. The summed E-state index contributed by atoms with van der Waals surface area (Å²) in [5.74, 6) is -1.81. The fourth-order valence-corrected chi connectivity index (χ4v) is 5.91. The molecule has 4 rings (SSSR count). The van der Waals surface area contributed by atoms with Crippen LogP contribution in [0.2, 0.25) is 5.02 Å². The van der Waals surface area contributed by atoms with Crippen molar-refractivity contribution < 1.29 is 30.8 Å². The summed E-state index contributed by atoms with van der Waals surface area (Å²) in [6, 6.07) is 8.03. The molecule has 1 saturated carbocycles. The molecule has 0 saturated heterocycles. The summed E-state index contributed by atoms with van der Waals surface area (Å²) in [6.45, 7) is -0.0406. The number of halogens is 5. The second-order valence-electron chi connectivity index (χ2n) is 8.03. The lowest BCUT2D eigenvalue weighted by molar-refractivity contribution is -0.141. The maximum atomic E-state index is 13.1. The lowest BCUT2D eigenvalue weighted by atomic mass is 9.84. The van der Waals surface area contributed by atoms with Gasteiger partial charge in [0.15, 0.2) is 9.84 Å². The summed E-state index contributed by atoms with van der Waals surface area (Å²) in [5, 5.41) is 1.97. The van der Waals surface area contributed by atoms with Gasteiger partial charge in [-0.1, -0.05) is 11.6 Å². The van der Waals surface area contributed by atoms with Gasteiger partial charge in [0, 0.05) is 24.5 Å². The molecule has 1 aromatic carbocycles. The maximum Gasteiger partial charge on any atom is 0.433 e. The van der Waals surface area contributed by atoms with Crippen molar-refractivity contribution in [3.05, 3.63) is 77.0 Å². The number of rotatable bonds is 6. The first-order chi connectivity index (χ1) is 16.5. The van der Waals surface area contributed by atoms with Gasteiger partial charge in [-0.3, -0.25) is 14.8 Å². The highest BCUT2D eigenvalue weighted by Gasteiger charge is 2.45. The van der Waals surface area contributed by atoms with E-state index in [1.54, 1.807) is 0 Å². The van der Waals surface area contributed by atoms with Crippen LogP contribution in [0.3, 0.4) is 0 Å². The van der Waals surface area contributed by atoms with E-state index in [0.717, 1.165) is 24.4 Å². The maximum absolute atomic E-state index is 13.1. The van der Waals surface area contributed by atoms with Crippen LogP contribution < -0.4 is 5.32 Å². The van der Waals surface area contributed by atoms with Gasteiger partial charge < -0.3 is 5.32 Å². The smallest absolute Gasteiger partial charge is 0.352 e. The Morgan fingerprint density at radius 3 is 2.34 bits per heavy atom. The quantitative estimate of drug-likeness (QED) is 0.366. The van der Waals surface area contributed by atoms with Crippen LogP contribution in [0, 0.1) is 11.7 Å². The molecule has 2 aromatic heterocycles. The zero-order valence-corrected chi connectivity index (χ0v) is 19.5. The van der Waals surface area contributed by atoms with Crippen LogP contribution >= 0.6 is 11.6 Å². The second-order valence-corrected chi connectivity index (χ2v) is 10.6. The van der Waals surface area contributed by atoms with Crippen molar-refractivity contribution in [2.24, 2.45) is 5.92 Å². The molecule has 1 N–H and O–H groups in total. The second kappa shape index (κ2) is 9.54. The molecule has 2 atom stereocenters. The number of sulfone groups is 1. The Kier molecular flexibility index (Phi) is 6.83. The molecule has 0 radical (unpaired) electrons. The molecule has 12 heteroatoms. The first kappa shape index (κ1) is 25.1. The topological polar surface area (TPSA) is 89.0 Å². The molecule has 0 unspecified atom stereocenters. The van der Waals surface area contributed by atoms with Crippen LogP contribution in [0.4, 0.5) is 17.6 Å². The number of carbonyl (C=O) groups excluding carboxylic acids is 1. The Labute approximate surface area is 203 Å². The van der Waals surface area contributed by atoms with Crippen molar-refractivity contribution in [1.29, 1.82) is 0 Å². The summed E-state index contributed by atoms with van der Waals surface area (Å²) in [6.07, 6.45) is -1.53. The first-order valence-corrected chi connectivity index (χ1v) is 12.3. The van der Waals surface area contributed by atoms with Crippen LogP contribution in [0.25, 0.3) is 11.3 Å². The van der Waals surface area contributed by atoms with Gasteiger partial charge in [-0.25, -0.2) is 12.8 Å². The number of alkyl halides is 3. The highest BCUT2D eigenvalue weighted by Crippen LogP contribution is 2.37. The van der Waals surface area contributed by atoms with E-state index in [4.69, 9.17) is 11.6 Å². The van der Waals surface area contributed by atoms with E-state index in [1.165, 1.54) is 30.5 Å². The molecule has 6 nitrogen and oxygen atoms in total. The Balaban J connectivity index is 1.45. The van der Waals surface area contributed by atoms with E-state index in [-0.39, 0.29) is 16.5 Å². The highest BCUT2D eigenvalue weighted by molar-refractivity contribution is 7.92. The van der Waals surface area contributed by atoms with E-state index in [9.17, 15) is 30.8 Å². The Morgan fingerprint density at radius 1 is 1.06 bits per heavy atom. The van der Waals surface area contributed by atoms with E-state index in [1.807, 2.05) is 0 Å². The third-order valence-electron chi connectivity index (χ3n) is 5.83. The number of benzene rings is 1. The van der Waals surface area contributed by atoms with E-state index in [0.29, 0.717) is 29.7 Å². The van der Waals surface area contributed by atoms with Gasteiger partial charge in [0.05, 0.1) is 26.8 Å². The summed E-state index contributed by atoms with van der Waals surface area (Å²) in [4.78, 5) is 20.2. The number of nitrogens with one attached hydrogen (secondary N) is 1. The largest absolute Gasteiger partial charge is 0.433 e. The van der Waals surface area contributed by atoms with Crippen LogP contribution in [-0.4, -0.2) is 29.5 Å². The monoisotopic (exact) mass is 527 g/mol. The van der Waals surface area contributed by atoms with Crippen LogP contribution in [0.15, 0.2) is 59.8 Å². The lowest BCUT2D eigenvalue weighted by Gasteiger charge is -2.34. The van der Waals surface area contributed by atoms with Crippen LogP contribution in [-0.2, 0) is 27.4 Å². The van der Waals surface area contributed by atoms with Gasteiger partial charge in [0.2, 0.25) is 5.91 Å². The molecular formula is C23H18ClF4N3O3S. The zero-order valence-electron chi connectivity index (χ0n) is 17.9. The number of carbonyl (C=O) groups is 1. The fraction of sp³-hybridized carbons (Fsp3) is 0.261. The summed E-state index contributed by atoms with van der Waals surface area (Å²) < 4.78 is 77.1. The van der Waals surface area contributed by atoms with E-state index in [2.05, 4.69) is 15.3 Å². The number of nitrogens with zero attached hydrogens (tertiary/aromatic N) is 2. The van der Waals surface area contributed by atoms with Crippen LogP contribution in [0.1, 0.15) is 24.1 Å². The third kappa shape index (κ3) is 5.30. The summed E-state index contributed by atoms with van der Waals surface area (Å²) >= 11 is 6.17. The normalized spacial score (nSPS) is 18.1. The van der Waals surface area contributed by atoms with Crippen molar-refractivity contribution in [1.82, 2.24) is 15.3 Å². The van der Waals surface area contributed by atoms with Gasteiger partial charge in [0.25, 0.3) is 0 Å². The predicted molar refractivity (Wildman–Crippen MR) is 119 cm³/mol. The number of hydrogen-bond donors (Lipinski definition) is 1. The number of amides is 1. The highest BCUT2D eigenvalue weighted by atomic mass is 35.5. The molecule has 0 spiro atoms. The van der Waals surface area contributed by atoms with Crippen molar-refractivity contribution in [3.8, 4) is 11.3 Å². The van der Waals surface area contributed by atoms with Crippen molar-refractivity contribution >= 4 is 27.3 Å². The van der Waals surface area contributed by atoms with Gasteiger partial charge >= 0.3 is 6.18 Å². The summed E-state index contributed by atoms with van der Waals surface area (Å²) in [5.41, 5.74) is 0.0440. The molecular weight excluding hydrogens is 510 g/mol. The van der Waals surface area contributed by atoms with Gasteiger partial charge in [-0.15, -0.1) is 0 Å². The van der Waals surface area contributed by atoms with Crippen LogP contribution in [0.5, 0.6) is 0 Å². The average molecular weight is 528 g/mol. The average Bonchev–Trinajstić information content (AvgIpc) is 2.77. The Hall–Kier alpha value is -3.05. The Morgan fingerprint density at radius 2 is 1.77 bits per heavy atom. The zero-order chi connectivity index (χ0) is 25.4. The Bertz CT molecular complexity index is 1350. The summed E-state index contributed by atoms with van der Waals surface area (Å²) in [7, 11) is -3.81. The molecule has 184 valence electrons. The standard InChI is InChI=1S/C23H18ClF4N3O3S/c24-18-12-29-19(13-1-8-21(30-10-13)23(26,27)28)9-14(18)11-31-22(32)17-6-7-20(17)35(33,34)16-4-2-15(25)3-5-16/h1-5,8-10,12,17,20H,6-7,11H2,(H,31,32)/t17-,20+/m1/s1. The molecule has 0 aliphatic heterocycles. The van der Waals surface area contributed by atoms with E-state index < -0.39 is 44.6 Å². The number of pyridine rings is 2. The van der Waals surface area contributed by atoms with E-state index >= 15 is 0 Å². The minimum atomic E-state index is -4.56. The first-order valence-electron chi connectivity index (χ1n) is 10.4. The minimum absolute atomic E-state index is 0.0406. The number of hydrogen-bond acceptors (Lipinski definition) is 5. The third-order valence-corrected chi connectivity index (χ3v) is 8.46. The predicted octanol–water partition coefficient (Wildman–Crippen LogP) is 4.82. The minimum Gasteiger partial charge on any atom is -0.352 e. The molecule has 1 aliphatic carbocycles. The molecule has 1 amide bonds. The van der Waals surface area contributed by atoms with Gasteiger partial charge in [0.1, 0.15) is 11.5 Å². The van der Waals surface area contributed by atoms with Crippen molar-refractivity contribution in [2.45, 2.75) is 35.7 Å². The van der Waals surface area contributed by atoms with Gasteiger partial charge in [-0.05, 0) is 60.9 Å². The van der Waals surface area contributed by atoms with Gasteiger partial charge in [-0.2, -0.15) is 13.2 Å². The molecule has 0 bridgehead atoms. The van der Waals surface area contributed by atoms with Crippen molar-refractivity contribution in [2.75, 3.05) is 0 Å². The fourth-order valence-electron chi connectivity index (χ4n) is 3.74. The lowest BCUT2D eigenvalue weighted by Crippen LogP contribution is -2.47. The molecule has 3 aromatic rings. The molecule has 1 fully saturated rings.